The number of benzene rings is 3. The van der Waals surface area contributed by atoms with Crippen LogP contribution in [-0.4, -0.2) is 6.18 Å². The van der Waals surface area contributed by atoms with Crippen LogP contribution < -0.4 is 0 Å². The van der Waals surface area contributed by atoms with Crippen molar-refractivity contribution in [2.24, 2.45) is 0 Å². The van der Waals surface area contributed by atoms with Crippen LogP contribution in [0.3, 0.4) is 0 Å². The third-order valence-electron chi connectivity index (χ3n) is 5.69. The van der Waals surface area contributed by atoms with Crippen LogP contribution >= 0.6 is 11.8 Å². The van der Waals surface area contributed by atoms with Crippen LogP contribution in [0.4, 0.5) is 13.2 Å². The van der Waals surface area contributed by atoms with Gasteiger partial charge in [0.05, 0.1) is 0 Å². The van der Waals surface area contributed by atoms with Crippen molar-refractivity contribution in [2.45, 2.75) is 69.2 Å². The van der Waals surface area contributed by atoms with Crippen LogP contribution in [-0.2, 0) is 5.41 Å². The third kappa shape index (κ3) is 6.41. The van der Waals surface area contributed by atoms with Crippen molar-refractivity contribution in [2.75, 3.05) is 0 Å². The Morgan fingerprint density at radius 1 is 0.812 bits per heavy atom. The molecule has 0 aliphatic rings. The van der Waals surface area contributed by atoms with Crippen LogP contribution in [0, 0.1) is 13.8 Å². The van der Waals surface area contributed by atoms with Gasteiger partial charge >= 0.3 is 6.18 Å². The largest absolute Gasteiger partial charge is 0.389 e. The van der Waals surface area contributed by atoms with Gasteiger partial charge in [-0.25, -0.2) is 0 Å². The van der Waals surface area contributed by atoms with Gasteiger partial charge in [-0.15, -0.1) is 11.8 Å². The van der Waals surface area contributed by atoms with Gasteiger partial charge in [-0.3, -0.25) is 0 Å². The molecular formula is C28H31F3S. The Kier molecular flexibility index (Phi) is 7.44. The van der Waals surface area contributed by atoms with E-state index in [4.69, 9.17) is 0 Å². The molecule has 0 aromatic heterocycles. The highest BCUT2D eigenvalue weighted by Gasteiger charge is 2.29. The number of halogens is 3. The summed E-state index contributed by atoms with van der Waals surface area (Å²) in [5.74, 6) is 0. The lowest BCUT2D eigenvalue weighted by Crippen LogP contribution is -2.10. The van der Waals surface area contributed by atoms with Gasteiger partial charge in [0, 0.05) is 16.6 Å². The quantitative estimate of drug-likeness (QED) is 0.333. The van der Waals surface area contributed by atoms with E-state index in [0.29, 0.717) is 0 Å². The minimum absolute atomic E-state index is 0.0618. The molecule has 4 heteroatoms. The average molecular weight is 457 g/mol. The van der Waals surface area contributed by atoms with Crippen molar-refractivity contribution in [1.29, 1.82) is 0 Å². The van der Waals surface area contributed by atoms with Crippen LogP contribution in [0.25, 0.3) is 11.1 Å². The van der Waals surface area contributed by atoms with Gasteiger partial charge in [-0.2, -0.15) is 13.2 Å². The van der Waals surface area contributed by atoms with E-state index in [-0.39, 0.29) is 17.1 Å². The first kappa shape index (κ1) is 24.4. The highest BCUT2D eigenvalue weighted by atomic mass is 32.2. The van der Waals surface area contributed by atoms with Gasteiger partial charge in [0.1, 0.15) is 0 Å². The van der Waals surface area contributed by atoms with Crippen LogP contribution in [0.1, 0.15) is 61.1 Å². The van der Waals surface area contributed by atoms with Crippen molar-refractivity contribution in [3.63, 3.8) is 0 Å². The molecule has 1 atom stereocenters. The maximum Gasteiger partial charge on any atom is 0.389 e. The number of thioether (sulfide) groups is 1. The fraction of sp³-hybridized carbons (Fsp3) is 0.357. The molecule has 0 saturated carbocycles. The van der Waals surface area contributed by atoms with Crippen LogP contribution in [0.2, 0.25) is 0 Å². The maximum atomic E-state index is 12.9. The molecule has 0 N–H and O–H groups in total. The van der Waals surface area contributed by atoms with Crippen molar-refractivity contribution >= 4 is 11.8 Å². The van der Waals surface area contributed by atoms with E-state index >= 15 is 0 Å². The predicted octanol–water partition coefficient (Wildman–Crippen LogP) is 9.44. The second-order valence-electron chi connectivity index (χ2n) is 9.43. The van der Waals surface area contributed by atoms with Crippen molar-refractivity contribution < 1.29 is 13.2 Å². The first-order valence-electron chi connectivity index (χ1n) is 10.9. The lowest BCUT2D eigenvalue weighted by molar-refractivity contribution is -0.135. The van der Waals surface area contributed by atoms with Crippen LogP contribution in [0.5, 0.6) is 0 Å². The number of aryl methyl sites for hydroxylation is 2. The summed E-state index contributed by atoms with van der Waals surface area (Å²) in [5, 5.41) is -0.242. The number of rotatable bonds is 6. The van der Waals surface area contributed by atoms with Gasteiger partial charge in [-0.1, -0.05) is 75.4 Å². The van der Waals surface area contributed by atoms with E-state index in [1.54, 1.807) is 0 Å². The third-order valence-corrected chi connectivity index (χ3v) is 6.99. The number of alkyl halides is 3. The summed E-state index contributed by atoms with van der Waals surface area (Å²) in [6.07, 6.45) is -4.87. The highest BCUT2D eigenvalue weighted by Crippen LogP contribution is 2.43. The molecule has 0 heterocycles. The lowest BCUT2D eigenvalue weighted by Gasteiger charge is -2.21. The SMILES string of the molecule is Cc1cc(SC(CCC(F)(F)F)c2ccccc2)cc(C)c1-c1ccc(C(C)(C)C)cc1. The summed E-state index contributed by atoms with van der Waals surface area (Å²) in [4.78, 5) is 1.01. The molecule has 3 aromatic rings. The fourth-order valence-corrected chi connectivity index (χ4v) is 5.35. The first-order valence-corrected chi connectivity index (χ1v) is 11.8. The number of hydrogen-bond donors (Lipinski definition) is 0. The van der Waals surface area contributed by atoms with Gasteiger partial charge < -0.3 is 0 Å². The molecule has 0 aliphatic carbocycles. The lowest BCUT2D eigenvalue weighted by atomic mass is 9.85. The molecule has 0 bridgehead atoms. The van der Waals surface area contributed by atoms with E-state index in [2.05, 4.69) is 71.0 Å². The molecule has 0 saturated heterocycles. The molecule has 170 valence electrons. The van der Waals surface area contributed by atoms with Crippen molar-refractivity contribution in [3.05, 3.63) is 89.0 Å². The minimum atomic E-state index is -4.15. The van der Waals surface area contributed by atoms with Crippen LogP contribution in [0.15, 0.2) is 71.6 Å². The molecule has 32 heavy (non-hydrogen) atoms. The molecule has 3 aromatic carbocycles. The Morgan fingerprint density at radius 2 is 1.38 bits per heavy atom. The van der Waals surface area contributed by atoms with Gasteiger partial charge in [-0.05, 0) is 71.2 Å². The van der Waals surface area contributed by atoms with E-state index in [0.717, 1.165) is 21.6 Å². The molecule has 0 spiro atoms. The summed E-state index contributed by atoms with van der Waals surface area (Å²) in [6.45, 7) is 10.8. The zero-order valence-corrected chi connectivity index (χ0v) is 20.2. The monoisotopic (exact) mass is 456 g/mol. The predicted molar refractivity (Wildman–Crippen MR) is 130 cm³/mol. The van der Waals surface area contributed by atoms with E-state index in [1.165, 1.54) is 28.5 Å². The molecular weight excluding hydrogens is 425 g/mol. The second-order valence-corrected chi connectivity index (χ2v) is 10.7. The van der Waals surface area contributed by atoms with E-state index < -0.39 is 12.6 Å². The van der Waals surface area contributed by atoms with Gasteiger partial charge in [0.25, 0.3) is 0 Å². The van der Waals surface area contributed by atoms with E-state index in [1.807, 2.05) is 30.3 Å². The zero-order chi connectivity index (χ0) is 23.5. The Morgan fingerprint density at radius 3 is 1.88 bits per heavy atom. The topological polar surface area (TPSA) is 0 Å². The Labute approximate surface area is 194 Å². The number of hydrogen-bond acceptors (Lipinski definition) is 1. The van der Waals surface area contributed by atoms with Gasteiger partial charge in [0.2, 0.25) is 0 Å². The summed E-state index contributed by atoms with van der Waals surface area (Å²) >= 11 is 1.52. The summed E-state index contributed by atoms with van der Waals surface area (Å²) in [7, 11) is 0. The smallest absolute Gasteiger partial charge is 0.171 e. The summed E-state index contributed by atoms with van der Waals surface area (Å²) in [5.41, 5.74) is 6.96. The molecule has 0 nitrogen and oxygen atoms in total. The fourth-order valence-electron chi connectivity index (χ4n) is 4.00. The summed E-state index contributed by atoms with van der Waals surface area (Å²) in [6, 6.07) is 22.4. The van der Waals surface area contributed by atoms with Crippen molar-refractivity contribution in [1.82, 2.24) is 0 Å². The zero-order valence-electron chi connectivity index (χ0n) is 19.4. The molecule has 0 aliphatic heterocycles. The molecule has 0 fully saturated rings. The molecule has 3 rings (SSSR count). The minimum Gasteiger partial charge on any atom is -0.171 e. The standard InChI is InChI=1S/C28H31F3S/c1-19-17-24(32-25(15-16-28(29,30)31)21-9-7-6-8-10-21)18-20(2)26(19)22-11-13-23(14-12-22)27(3,4)5/h6-14,17-18,25H,15-16H2,1-5H3. The molecule has 0 radical (unpaired) electrons. The van der Waals surface area contributed by atoms with Crippen molar-refractivity contribution in [3.8, 4) is 11.1 Å². The first-order chi connectivity index (χ1) is 14.9. The maximum absolute atomic E-state index is 12.9. The average Bonchev–Trinajstić information content (AvgIpc) is 2.70. The Balaban J connectivity index is 1.88. The normalized spacial score (nSPS) is 13.2. The second kappa shape index (κ2) is 9.74. The molecule has 0 amide bonds. The summed E-state index contributed by atoms with van der Waals surface area (Å²) < 4.78 is 38.8. The molecule has 1 unspecified atom stereocenters. The van der Waals surface area contributed by atoms with E-state index in [9.17, 15) is 13.2 Å². The Hall–Kier alpha value is -2.20. The Bertz CT molecular complexity index is 1010. The highest BCUT2D eigenvalue weighted by molar-refractivity contribution is 7.99. The van der Waals surface area contributed by atoms with Gasteiger partial charge in [0.15, 0.2) is 0 Å².